The zero-order valence-electron chi connectivity index (χ0n) is 13.2. The van der Waals surface area contributed by atoms with E-state index in [-0.39, 0.29) is 17.2 Å². The van der Waals surface area contributed by atoms with Gasteiger partial charge in [-0.2, -0.15) is 18.3 Å². The maximum atomic E-state index is 12.6. The molecule has 134 valence electrons. The molecule has 1 aromatic carbocycles. The van der Waals surface area contributed by atoms with E-state index in [2.05, 4.69) is 15.1 Å². The van der Waals surface area contributed by atoms with Crippen LogP contribution in [0.25, 0.3) is 11.4 Å². The van der Waals surface area contributed by atoms with Gasteiger partial charge in [-0.15, -0.1) is 0 Å². The molecule has 0 aliphatic rings. The number of benzene rings is 1. The second-order valence-electron chi connectivity index (χ2n) is 5.21. The minimum atomic E-state index is -4.45. The van der Waals surface area contributed by atoms with Crippen LogP contribution in [0.2, 0.25) is 0 Å². The lowest BCUT2D eigenvalue weighted by molar-refractivity contribution is -0.137. The maximum Gasteiger partial charge on any atom is 0.416 e. The van der Waals surface area contributed by atoms with E-state index in [1.54, 1.807) is 19.3 Å². The molecule has 0 saturated heterocycles. The van der Waals surface area contributed by atoms with Gasteiger partial charge in [0.2, 0.25) is 5.82 Å². The van der Waals surface area contributed by atoms with Crippen molar-refractivity contribution in [1.82, 2.24) is 19.7 Å². The van der Waals surface area contributed by atoms with Gasteiger partial charge >= 0.3 is 12.1 Å². The van der Waals surface area contributed by atoms with Gasteiger partial charge in [-0.25, -0.2) is 14.8 Å². The molecular formula is C16H11F3N4O3. The van der Waals surface area contributed by atoms with E-state index in [1.165, 1.54) is 4.68 Å². The standard InChI is InChI=1S/C16H11F3N4O3/c1-23-7-6-11(22-23)13-12(8-20-14(21-13)15(24)25)26-10-4-2-9(3-5-10)16(17,18)19/h2-8H,1H3,(H,24,25). The summed E-state index contributed by atoms with van der Waals surface area (Å²) in [5.74, 6) is -1.61. The Kier molecular flexibility index (Phi) is 4.33. The number of rotatable bonds is 4. The van der Waals surface area contributed by atoms with Gasteiger partial charge in [0.25, 0.3) is 0 Å². The quantitative estimate of drug-likeness (QED) is 0.763. The SMILES string of the molecule is Cn1ccc(-c2nc(C(=O)O)ncc2Oc2ccc(C(F)(F)F)cc2)n1. The summed E-state index contributed by atoms with van der Waals surface area (Å²) in [6.07, 6.45) is -1.69. The Labute approximate surface area is 144 Å². The number of nitrogens with zero attached hydrogens (tertiary/aromatic N) is 4. The summed E-state index contributed by atoms with van der Waals surface area (Å²) < 4.78 is 44.9. The van der Waals surface area contributed by atoms with Crippen molar-refractivity contribution in [2.24, 2.45) is 7.05 Å². The van der Waals surface area contributed by atoms with Gasteiger partial charge in [-0.3, -0.25) is 4.68 Å². The molecule has 26 heavy (non-hydrogen) atoms. The fourth-order valence-corrected chi connectivity index (χ4v) is 2.11. The van der Waals surface area contributed by atoms with E-state index in [0.29, 0.717) is 5.69 Å². The maximum absolute atomic E-state index is 12.6. The molecule has 0 saturated carbocycles. The number of halogens is 3. The zero-order valence-corrected chi connectivity index (χ0v) is 13.2. The second kappa shape index (κ2) is 6.47. The third-order valence-electron chi connectivity index (χ3n) is 3.31. The topological polar surface area (TPSA) is 90.1 Å². The van der Waals surface area contributed by atoms with E-state index in [9.17, 15) is 18.0 Å². The monoisotopic (exact) mass is 364 g/mol. The largest absolute Gasteiger partial charge is 0.475 e. The predicted octanol–water partition coefficient (Wildman–Crippen LogP) is 3.39. The van der Waals surface area contributed by atoms with Gasteiger partial charge in [0.05, 0.1) is 11.8 Å². The molecule has 3 rings (SSSR count). The summed E-state index contributed by atoms with van der Waals surface area (Å²) in [4.78, 5) is 18.7. The first-order chi connectivity index (χ1) is 12.2. The van der Waals surface area contributed by atoms with Crippen LogP contribution < -0.4 is 4.74 Å². The van der Waals surface area contributed by atoms with E-state index in [1.807, 2.05) is 0 Å². The number of hydrogen-bond acceptors (Lipinski definition) is 5. The molecule has 0 aliphatic carbocycles. The van der Waals surface area contributed by atoms with Crippen molar-refractivity contribution in [3.8, 4) is 22.9 Å². The Morgan fingerprint density at radius 1 is 1.19 bits per heavy atom. The molecule has 0 aliphatic heterocycles. The Morgan fingerprint density at radius 2 is 1.88 bits per heavy atom. The van der Waals surface area contributed by atoms with E-state index in [0.717, 1.165) is 30.5 Å². The number of alkyl halides is 3. The van der Waals surface area contributed by atoms with Crippen molar-refractivity contribution < 1.29 is 27.8 Å². The van der Waals surface area contributed by atoms with Crippen LogP contribution in [0, 0.1) is 0 Å². The number of carboxylic acid groups (broad SMARTS) is 1. The first kappa shape index (κ1) is 17.4. The average Bonchev–Trinajstić information content (AvgIpc) is 3.01. The van der Waals surface area contributed by atoms with Crippen molar-refractivity contribution >= 4 is 5.97 Å². The van der Waals surface area contributed by atoms with Gasteiger partial charge in [-0.05, 0) is 30.3 Å². The molecule has 1 N–H and O–H groups in total. The highest BCUT2D eigenvalue weighted by molar-refractivity contribution is 5.84. The number of aryl methyl sites for hydroxylation is 1. The minimum Gasteiger partial charge on any atom is -0.475 e. The number of ether oxygens (including phenoxy) is 1. The number of aromatic nitrogens is 4. The fraction of sp³-hybridized carbons (Fsp3) is 0.125. The van der Waals surface area contributed by atoms with Crippen molar-refractivity contribution in [2.45, 2.75) is 6.18 Å². The van der Waals surface area contributed by atoms with E-state index >= 15 is 0 Å². The zero-order chi connectivity index (χ0) is 18.9. The summed E-state index contributed by atoms with van der Waals surface area (Å²) in [7, 11) is 1.67. The molecule has 7 nitrogen and oxygen atoms in total. The Hall–Kier alpha value is -3.43. The molecule has 2 heterocycles. The van der Waals surface area contributed by atoms with Crippen LogP contribution in [-0.2, 0) is 13.2 Å². The molecule has 0 radical (unpaired) electrons. The third kappa shape index (κ3) is 3.63. The summed E-state index contributed by atoms with van der Waals surface area (Å²) in [5, 5.41) is 13.2. The fourth-order valence-electron chi connectivity index (χ4n) is 2.11. The molecule has 0 fully saturated rings. The lowest BCUT2D eigenvalue weighted by Crippen LogP contribution is -2.06. The number of hydrogen-bond donors (Lipinski definition) is 1. The van der Waals surface area contributed by atoms with E-state index in [4.69, 9.17) is 9.84 Å². The number of carboxylic acids is 1. The average molecular weight is 364 g/mol. The molecule has 10 heteroatoms. The van der Waals surface area contributed by atoms with Crippen molar-refractivity contribution in [3.05, 3.63) is 54.1 Å². The van der Waals surface area contributed by atoms with Crippen molar-refractivity contribution in [1.29, 1.82) is 0 Å². The summed E-state index contributed by atoms with van der Waals surface area (Å²) in [6.45, 7) is 0. The molecule has 0 amide bonds. The Balaban J connectivity index is 1.98. The summed E-state index contributed by atoms with van der Waals surface area (Å²) in [6, 6.07) is 5.64. The molecule has 0 unspecified atom stereocenters. The molecule has 0 atom stereocenters. The van der Waals surface area contributed by atoms with Gasteiger partial charge in [0, 0.05) is 13.2 Å². The highest BCUT2D eigenvalue weighted by Gasteiger charge is 2.30. The van der Waals surface area contributed by atoms with Crippen LogP contribution >= 0.6 is 0 Å². The highest BCUT2D eigenvalue weighted by Crippen LogP contribution is 2.33. The smallest absolute Gasteiger partial charge is 0.416 e. The van der Waals surface area contributed by atoms with Crippen LogP contribution in [0.4, 0.5) is 13.2 Å². The van der Waals surface area contributed by atoms with Gasteiger partial charge in [-0.1, -0.05) is 0 Å². The summed E-state index contributed by atoms with van der Waals surface area (Å²) in [5.41, 5.74) is -0.371. The molecule has 2 aromatic heterocycles. The van der Waals surface area contributed by atoms with Gasteiger partial charge < -0.3 is 9.84 Å². The van der Waals surface area contributed by atoms with Crippen LogP contribution in [0.3, 0.4) is 0 Å². The molecule has 3 aromatic rings. The van der Waals surface area contributed by atoms with Crippen LogP contribution in [0.5, 0.6) is 11.5 Å². The first-order valence-corrected chi connectivity index (χ1v) is 7.19. The lowest BCUT2D eigenvalue weighted by atomic mass is 10.2. The number of aromatic carboxylic acids is 1. The Bertz CT molecular complexity index is 952. The van der Waals surface area contributed by atoms with Crippen molar-refractivity contribution in [2.75, 3.05) is 0 Å². The molecule has 0 bridgehead atoms. The minimum absolute atomic E-state index is 0.0634. The van der Waals surface area contributed by atoms with Gasteiger partial charge in [0.1, 0.15) is 17.1 Å². The highest BCUT2D eigenvalue weighted by atomic mass is 19.4. The lowest BCUT2D eigenvalue weighted by Gasteiger charge is -2.11. The first-order valence-electron chi connectivity index (χ1n) is 7.19. The molecule has 0 spiro atoms. The van der Waals surface area contributed by atoms with Crippen LogP contribution in [-0.4, -0.2) is 30.8 Å². The normalized spacial score (nSPS) is 11.4. The van der Waals surface area contributed by atoms with E-state index < -0.39 is 23.5 Å². The van der Waals surface area contributed by atoms with Crippen LogP contribution in [0.15, 0.2) is 42.7 Å². The van der Waals surface area contributed by atoms with Gasteiger partial charge in [0.15, 0.2) is 5.75 Å². The predicted molar refractivity (Wildman–Crippen MR) is 82.7 cm³/mol. The number of carbonyl (C=O) groups is 1. The third-order valence-corrected chi connectivity index (χ3v) is 3.31. The van der Waals surface area contributed by atoms with Crippen LogP contribution in [0.1, 0.15) is 16.2 Å². The second-order valence-corrected chi connectivity index (χ2v) is 5.21. The van der Waals surface area contributed by atoms with Crippen molar-refractivity contribution in [3.63, 3.8) is 0 Å². The Morgan fingerprint density at radius 3 is 2.42 bits per heavy atom. The summed E-state index contributed by atoms with van der Waals surface area (Å²) >= 11 is 0. The molecular weight excluding hydrogens is 353 g/mol.